The van der Waals surface area contributed by atoms with E-state index < -0.39 is 12.1 Å². The molecule has 0 aliphatic rings. The summed E-state index contributed by atoms with van der Waals surface area (Å²) in [6, 6.07) is 0. The van der Waals surface area contributed by atoms with Crippen molar-refractivity contribution in [2.75, 3.05) is 6.61 Å². The van der Waals surface area contributed by atoms with Gasteiger partial charge in [-0.05, 0) is 6.92 Å². The molecule has 0 fully saturated rings. The van der Waals surface area contributed by atoms with Crippen LogP contribution in [0.4, 0.5) is 0 Å². The zero-order chi connectivity index (χ0) is 10.1. The Morgan fingerprint density at radius 1 is 1.58 bits per heavy atom. The van der Waals surface area contributed by atoms with Gasteiger partial charge in [0.15, 0.2) is 0 Å². The molecule has 0 aromatic rings. The van der Waals surface area contributed by atoms with E-state index >= 15 is 0 Å². The van der Waals surface area contributed by atoms with E-state index in [1.165, 1.54) is 6.92 Å². The lowest BCUT2D eigenvalue weighted by Crippen LogP contribution is -2.03. The van der Waals surface area contributed by atoms with E-state index in [9.17, 15) is 4.79 Å². The Hall–Kier alpha value is -0.170. The molecule has 0 saturated carbocycles. The monoisotopic (exact) mass is 212 g/mol. The molecule has 0 aromatic carbocycles. The van der Waals surface area contributed by atoms with Gasteiger partial charge in [-0.15, -0.1) is 25.3 Å². The molecule has 0 radical (unpaired) electrons. The Morgan fingerprint density at radius 3 is 1.92 bits per heavy atom. The third-order valence-corrected chi connectivity index (χ3v) is 0.775. The lowest BCUT2D eigenvalue weighted by Gasteiger charge is -1.90. The van der Waals surface area contributed by atoms with Crippen molar-refractivity contribution in [1.82, 2.24) is 0 Å². The highest BCUT2D eigenvalue weighted by atomic mass is 32.2. The summed E-state index contributed by atoms with van der Waals surface area (Å²) in [5.74, 6) is -1.03. The first-order valence-corrected chi connectivity index (χ1v) is 3.91. The molecule has 0 aromatic heterocycles. The van der Waals surface area contributed by atoms with Gasteiger partial charge in [0.05, 0.1) is 12.7 Å². The van der Waals surface area contributed by atoms with Gasteiger partial charge in [-0.25, -0.2) is 4.79 Å². The number of aliphatic carboxylic acids is 1. The fraction of sp³-hybridized carbons (Fsp3) is 0.500. The van der Waals surface area contributed by atoms with Crippen LogP contribution in [-0.2, 0) is 4.79 Å². The van der Waals surface area contributed by atoms with Crippen LogP contribution in [0, 0.1) is 0 Å². The Balaban J connectivity index is 0. The minimum atomic E-state index is -1.03. The molecule has 72 valence electrons. The molecule has 4 nitrogen and oxygen atoms in total. The fourth-order valence-corrected chi connectivity index (χ4v) is 0.331. The Morgan fingerprint density at radius 2 is 1.92 bits per heavy atom. The van der Waals surface area contributed by atoms with Crippen molar-refractivity contribution in [2.45, 2.75) is 13.0 Å². The van der Waals surface area contributed by atoms with Crippen molar-refractivity contribution in [3.8, 4) is 0 Å². The van der Waals surface area contributed by atoms with Gasteiger partial charge in [0.2, 0.25) is 0 Å². The topological polar surface area (TPSA) is 77.8 Å². The summed E-state index contributed by atoms with van der Waals surface area (Å²) >= 11 is 7.16. The highest BCUT2D eigenvalue weighted by Gasteiger charge is 1.85. The predicted octanol–water partition coefficient (Wildman–Crippen LogP) is 0.132. The van der Waals surface area contributed by atoms with Crippen molar-refractivity contribution in [2.24, 2.45) is 0 Å². The quantitative estimate of drug-likeness (QED) is 0.333. The van der Waals surface area contributed by atoms with E-state index in [1.54, 1.807) is 0 Å². The van der Waals surface area contributed by atoms with Crippen LogP contribution in [0.3, 0.4) is 0 Å². The maximum absolute atomic E-state index is 9.64. The molecule has 6 heteroatoms. The molecule has 0 rings (SSSR count). The number of rotatable bonds is 2. The fourth-order valence-electron chi connectivity index (χ4n) is 0.110. The second kappa shape index (κ2) is 8.92. The lowest BCUT2D eigenvalue weighted by atomic mass is 10.5. The number of carboxylic acid groups (broad SMARTS) is 1. The van der Waals surface area contributed by atoms with E-state index in [4.69, 9.17) is 15.3 Å². The van der Waals surface area contributed by atoms with Gasteiger partial charge < -0.3 is 15.3 Å². The summed E-state index contributed by atoms with van der Waals surface area (Å²) in [7, 11) is 0. The molecule has 3 N–H and O–H groups in total. The van der Waals surface area contributed by atoms with Crippen molar-refractivity contribution < 1.29 is 20.1 Å². The average molecular weight is 212 g/mol. The number of thiol groups is 2. The molecule has 0 aliphatic carbocycles. The van der Waals surface area contributed by atoms with Crippen LogP contribution in [0.5, 0.6) is 0 Å². The summed E-state index contributed by atoms with van der Waals surface area (Å²) in [6.45, 7) is 1.39. The summed E-state index contributed by atoms with van der Waals surface area (Å²) < 4.78 is 0.201. The number of aliphatic hydroxyl groups is 2. The zero-order valence-electron chi connectivity index (χ0n) is 6.51. The van der Waals surface area contributed by atoms with Crippen LogP contribution >= 0.6 is 25.3 Å². The molecule has 0 heterocycles. The average Bonchev–Trinajstić information content (AvgIpc) is 1.85. The van der Waals surface area contributed by atoms with Gasteiger partial charge in [-0.3, -0.25) is 0 Å². The van der Waals surface area contributed by atoms with Crippen molar-refractivity contribution in [3.63, 3.8) is 0 Å². The maximum atomic E-state index is 9.64. The zero-order valence-corrected chi connectivity index (χ0v) is 8.29. The first kappa shape index (κ1) is 14.4. The lowest BCUT2D eigenvalue weighted by molar-refractivity contribution is -0.131. The minimum Gasteiger partial charge on any atom is -0.478 e. The maximum Gasteiger partial charge on any atom is 0.329 e. The Kier molecular flexibility index (Phi) is 10.7. The smallest absolute Gasteiger partial charge is 0.329 e. The van der Waals surface area contributed by atoms with Gasteiger partial charge in [0, 0.05) is 10.3 Å². The molecule has 1 atom stereocenters. The first-order valence-electron chi connectivity index (χ1n) is 3.01. The third-order valence-electron chi connectivity index (χ3n) is 0.517. The van der Waals surface area contributed by atoms with Crippen molar-refractivity contribution in [3.05, 3.63) is 10.3 Å². The van der Waals surface area contributed by atoms with Crippen LogP contribution in [0.2, 0.25) is 0 Å². The number of carbonyl (C=O) groups is 1. The Labute approximate surface area is 81.7 Å². The molecule has 0 bridgehead atoms. The molecule has 1 unspecified atom stereocenters. The predicted molar refractivity (Wildman–Crippen MR) is 52.5 cm³/mol. The molecular weight excluding hydrogens is 200 g/mol. The summed E-state index contributed by atoms with van der Waals surface area (Å²) in [5, 5.41) is 23.9. The second-order valence-electron chi connectivity index (χ2n) is 1.87. The largest absolute Gasteiger partial charge is 0.478 e. The Bertz CT molecular complexity index is 152. The third kappa shape index (κ3) is 22.5. The number of carboxylic acids is 1. The number of aliphatic hydroxyl groups excluding tert-OH is 2. The van der Waals surface area contributed by atoms with Gasteiger partial charge >= 0.3 is 5.97 Å². The molecule has 0 amide bonds. The first-order chi connectivity index (χ1) is 5.40. The van der Waals surface area contributed by atoms with Crippen LogP contribution in [0.1, 0.15) is 6.92 Å². The van der Waals surface area contributed by atoms with Crippen molar-refractivity contribution >= 4 is 31.2 Å². The summed E-state index contributed by atoms with van der Waals surface area (Å²) in [4.78, 5) is 9.64. The minimum absolute atomic E-state index is 0.139. The normalized spacial score (nSPS) is 10.8. The van der Waals surface area contributed by atoms with E-state index in [2.05, 4.69) is 25.3 Å². The van der Waals surface area contributed by atoms with E-state index in [1.807, 2.05) is 0 Å². The van der Waals surface area contributed by atoms with E-state index in [0.29, 0.717) is 0 Å². The highest BCUT2D eigenvalue weighted by Crippen LogP contribution is 2.02. The van der Waals surface area contributed by atoms with Crippen molar-refractivity contribution in [1.29, 1.82) is 0 Å². The van der Waals surface area contributed by atoms with E-state index in [-0.39, 0.29) is 10.8 Å². The number of hydrogen-bond donors (Lipinski definition) is 5. The standard InChI is InChI=1S/C3H4O2S2.C3H8O2/c4-2(5)1-3(6)7;1-3(5)2-4/h1,6-7H,(H,4,5);3-5H,2H2,1H3. The van der Waals surface area contributed by atoms with Crippen LogP contribution < -0.4 is 0 Å². The molecule has 0 saturated heterocycles. The van der Waals surface area contributed by atoms with E-state index in [0.717, 1.165) is 6.08 Å². The molecule has 12 heavy (non-hydrogen) atoms. The van der Waals surface area contributed by atoms with Gasteiger partial charge in [0.25, 0.3) is 0 Å². The van der Waals surface area contributed by atoms with Gasteiger partial charge in [-0.2, -0.15) is 0 Å². The second-order valence-corrected chi connectivity index (χ2v) is 3.19. The SMILES string of the molecule is CC(O)CO.O=C(O)C=C(S)S. The van der Waals surface area contributed by atoms with Gasteiger partial charge in [0.1, 0.15) is 0 Å². The van der Waals surface area contributed by atoms with Crippen LogP contribution in [-0.4, -0.2) is 34.0 Å². The molecular formula is C6H12O4S2. The molecule has 0 aliphatic heterocycles. The highest BCUT2D eigenvalue weighted by molar-refractivity contribution is 8.05. The molecule has 0 spiro atoms. The van der Waals surface area contributed by atoms with Crippen LogP contribution in [0.15, 0.2) is 10.3 Å². The van der Waals surface area contributed by atoms with Gasteiger partial charge in [-0.1, -0.05) is 0 Å². The number of hydrogen-bond acceptors (Lipinski definition) is 5. The summed E-state index contributed by atoms with van der Waals surface area (Å²) in [6.07, 6.45) is 0.335. The summed E-state index contributed by atoms with van der Waals surface area (Å²) in [5.41, 5.74) is 0. The van der Waals surface area contributed by atoms with Crippen LogP contribution in [0.25, 0.3) is 0 Å².